The van der Waals surface area contributed by atoms with Crippen LogP contribution in [-0.2, 0) is 13.0 Å². The molecule has 0 radical (unpaired) electrons. The third-order valence-electron chi connectivity index (χ3n) is 5.22. The maximum atomic E-state index is 5.43. The van der Waals surface area contributed by atoms with E-state index in [-0.39, 0.29) is 0 Å². The summed E-state index contributed by atoms with van der Waals surface area (Å²) in [6.45, 7) is 0.633. The standard InChI is InChI=1S/C22H25N3O/c1-3-9-17(10-4-1)15-21-24-20(25-26-21)16-23-22(19-13-7-8-14-19)18-11-5-2-6-12-18/h1-6,9-12,19,22-23H,7-8,13-16H2/t22-/m1/s1. The molecule has 2 aromatic carbocycles. The van der Waals surface area contributed by atoms with Gasteiger partial charge in [-0.15, -0.1) is 0 Å². The van der Waals surface area contributed by atoms with Gasteiger partial charge < -0.3 is 9.84 Å². The summed E-state index contributed by atoms with van der Waals surface area (Å²) in [6, 6.07) is 21.3. The number of nitrogens with zero attached hydrogens (tertiary/aromatic N) is 2. The van der Waals surface area contributed by atoms with Crippen LogP contribution in [-0.4, -0.2) is 10.1 Å². The van der Waals surface area contributed by atoms with Crippen molar-refractivity contribution < 1.29 is 4.52 Å². The monoisotopic (exact) mass is 347 g/mol. The van der Waals surface area contributed by atoms with Gasteiger partial charge in [0, 0.05) is 6.04 Å². The predicted molar refractivity (Wildman–Crippen MR) is 102 cm³/mol. The fourth-order valence-corrected chi connectivity index (χ4v) is 3.91. The Kier molecular flexibility index (Phi) is 5.41. The van der Waals surface area contributed by atoms with Crippen LogP contribution in [0.25, 0.3) is 0 Å². The molecule has 0 spiro atoms. The number of benzene rings is 2. The van der Waals surface area contributed by atoms with Crippen molar-refractivity contribution in [2.45, 2.75) is 44.7 Å². The number of nitrogens with one attached hydrogen (secondary N) is 1. The summed E-state index contributed by atoms with van der Waals surface area (Å²) in [6.07, 6.45) is 5.92. The van der Waals surface area contributed by atoms with E-state index in [9.17, 15) is 0 Å². The Bertz CT molecular complexity index is 795. The molecule has 1 atom stereocenters. The van der Waals surface area contributed by atoms with Crippen LogP contribution in [0.3, 0.4) is 0 Å². The first-order valence-electron chi connectivity index (χ1n) is 9.52. The molecule has 1 heterocycles. The highest BCUT2D eigenvalue weighted by atomic mass is 16.5. The molecule has 1 aliphatic rings. The van der Waals surface area contributed by atoms with Crippen LogP contribution in [0.2, 0.25) is 0 Å². The molecule has 1 aromatic heterocycles. The first kappa shape index (κ1) is 17.0. The van der Waals surface area contributed by atoms with Gasteiger partial charge in [-0.2, -0.15) is 4.98 Å². The highest BCUT2D eigenvalue weighted by molar-refractivity contribution is 5.20. The van der Waals surface area contributed by atoms with Crippen molar-refractivity contribution in [3.05, 3.63) is 83.5 Å². The number of hydrogen-bond donors (Lipinski definition) is 1. The van der Waals surface area contributed by atoms with E-state index < -0.39 is 0 Å². The minimum Gasteiger partial charge on any atom is -0.339 e. The smallest absolute Gasteiger partial charge is 0.231 e. The average molecular weight is 347 g/mol. The highest BCUT2D eigenvalue weighted by Crippen LogP contribution is 2.35. The fraction of sp³-hybridized carbons (Fsp3) is 0.364. The molecule has 0 amide bonds. The Morgan fingerprint density at radius 3 is 2.38 bits per heavy atom. The third kappa shape index (κ3) is 4.20. The lowest BCUT2D eigenvalue weighted by atomic mass is 9.91. The topological polar surface area (TPSA) is 51.0 Å². The molecule has 1 saturated carbocycles. The normalized spacial score (nSPS) is 16.0. The first-order valence-corrected chi connectivity index (χ1v) is 9.52. The molecule has 0 aliphatic heterocycles. The van der Waals surface area contributed by atoms with Crippen molar-refractivity contribution >= 4 is 0 Å². The molecular weight excluding hydrogens is 322 g/mol. The van der Waals surface area contributed by atoms with E-state index in [1.165, 1.54) is 36.8 Å². The molecule has 1 aliphatic carbocycles. The highest BCUT2D eigenvalue weighted by Gasteiger charge is 2.26. The number of hydrogen-bond acceptors (Lipinski definition) is 4. The van der Waals surface area contributed by atoms with E-state index in [4.69, 9.17) is 4.52 Å². The SMILES string of the molecule is c1ccc(Cc2nc(CN[C@H](c3ccccc3)C3CCCC3)no2)cc1. The number of rotatable bonds is 7. The zero-order valence-corrected chi connectivity index (χ0v) is 15.0. The van der Waals surface area contributed by atoms with Gasteiger partial charge in [-0.3, -0.25) is 0 Å². The van der Waals surface area contributed by atoms with Gasteiger partial charge >= 0.3 is 0 Å². The Hall–Kier alpha value is -2.46. The maximum absolute atomic E-state index is 5.43. The van der Waals surface area contributed by atoms with Crippen LogP contribution in [0.15, 0.2) is 65.2 Å². The van der Waals surface area contributed by atoms with Gasteiger partial charge in [-0.05, 0) is 29.9 Å². The van der Waals surface area contributed by atoms with Crippen LogP contribution in [0.4, 0.5) is 0 Å². The second-order valence-corrected chi connectivity index (χ2v) is 7.08. The summed E-state index contributed by atoms with van der Waals surface area (Å²) in [5, 5.41) is 7.84. The van der Waals surface area contributed by atoms with Gasteiger partial charge in [-0.1, -0.05) is 78.7 Å². The largest absolute Gasteiger partial charge is 0.339 e. The average Bonchev–Trinajstić information content (AvgIpc) is 3.36. The van der Waals surface area contributed by atoms with Crippen LogP contribution < -0.4 is 5.32 Å². The van der Waals surface area contributed by atoms with E-state index in [0.29, 0.717) is 30.8 Å². The molecule has 0 unspecified atom stereocenters. The summed E-state index contributed by atoms with van der Waals surface area (Å²) in [7, 11) is 0. The van der Waals surface area contributed by atoms with E-state index in [1.807, 2.05) is 18.2 Å². The molecule has 134 valence electrons. The van der Waals surface area contributed by atoms with Crippen LogP contribution in [0.5, 0.6) is 0 Å². The molecule has 3 aromatic rings. The zero-order valence-electron chi connectivity index (χ0n) is 15.0. The first-order chi connectivity index (χ1) is 12.9. The van der Waals surface area contributed by atoms with Gasteiger partial charge in [0.1, 0.15) is 0 Å². The van der Waals surface area contributed by atoms with E-state index in [0.717, 1.165) is 5.82 Å². The predicted octanol–water partition coefficient (Wildman–Crippen LogP) is 4.68. The molecule has 1 fully saturated rings. The zero-order chi connectivity index (χ0) is 17.6. The molecule has 4 rings (SSSR count). The van der Waals surface area contributed by atoms with Crippen LogP contribution in [0, 0.1) is 5.92 Å². The summed E-state index contributed by atoms with van der Waals surface area (Å²) in [4.78, 5) is 4.56. The molecule has 4 heteroatoms. The van der Waals surface area contributed by atoms with E-state index in [1.54, 1.807) is 0 Å². The molecule has 0 saturated heterocycles. The maximum Gasteiger partial charge on any atom is 0.231 e. The molecule has 0 bridgehead atoms. The Balaban J connectivity index is 1.41. The third-order valence-corrected chi connectivity index (χ3v) is 5.22. The lowest BCUT2D eigenvalue weighted by Gasteiger charge is -2.24. The van der Waals surface area contributed by atoms with Crippen molar-refractivity contribution in [1.82, 2.24) is 15.5 Å². The molecule has 26 heavy (non-hydrogen) atoms. The second kappa shape index (κ2) is 8.28. The van der Waals surface area contributed by atoms with Crippen LogP contribution in [0.1, 0.15) is 54.6 Å². The Morgan fingerprint density at radius 2 is 1.65 bits per heavy atom. The van der Waals surface area contributed by atoms with Crippen LogP contribution >= 0.6 is 0 Å². The second-order valence-electron chi connectivity index (χ2n) is 7.08. The lowest BCUT2D eigenvalue weighted by molar-refractivity contribution is 0.350. The quantitative estimate of drug-likeness (QED) is 0.674. The van der Waals surface area contributed by atoms with Crippen molar-refractivity contribution in [2.75, 3.05) is 0 Å². The summed E-state index contributed by atoms with van der Waals surface area (Å²) in [5.74, 6) is 2.09. The van der Waals surface area contributed by atoms with Gasteiger partial charge in [-0.25, -0.2) is 0 Å². The molecular formula is C22H25N3O. The lowest BCUT2D eigenvalue weighted by Crippen LogP contribution is -2.27. The van der Waals surface area contributed by atoms with Crippen molar-refractivity contribution in [2.24, 2.45) is 5.92 Å². The van der Waals surface area contributed by atoms with E-state index >= 15 is 0 Å². The van der Waals surface area contributed by atoms with Crippen molar-refractivity contribution in [3.63, 3.8) is 0 Å². The fourth-order valence-electron chi connectivity index (χ4n) is 3.91. The Morgan fingerprint density at radius 1 is 0.962 bits per heavy atom. The molecule has 1 N–H and O–H groups in total. The van der Waals surface area contributed by atoms with Gasteiger partial charge in [0.2, 0.25) is 5.89 Å². The van der Waals surface area contributed by atoms with Gasteiger partial charge in [0.15, 0.2) is 5.82 Å². The summed E-state index contributed by atoms with van der Waals surface area (Å²) < 4.78 is 5.43. The molecule has 4 nitrogen and oxygen atoms in total. The van der Waals surface area contributed by atoms with Gasteiger partial charge in [0.05, 0.1) is 13.0 Å². The minimum absolute atomic E-state index is 0.356. The van der Waals surface area contributed by atoms with Gasteiger partial charge in [0.25, 0.3) is 0 Å². The summed E-state index contributed by atoms with van der Waals surface area (Å²) >= 11 is 0. The minimum atomic E-state index is 0.356. The number of aromatic nitrogens is 2. The van der Waals surface area contributed by atoms with Crippen molar-refractivity contribution in [3.8, 4) is 0 Å². The van der Waals surface area contributed by atoms with E-state index in [2.05, 4.69) is 57.9 Å². The summed E-state index contributed by atoms with van der Waals surface area (Å²) in [5.41, 5.74) is 2.54. The van der Waals surface area contributed by atoms with Crippen molar-refractivity contribution in [1.29, 1.82) is 0 Å². The Labute approximate surface area is 154 Å².